The van der Waals surface area contributed by atoms with E-state index in [0.29, 0.717) is 23.4 Å². The molecule has 0 bridgehead atoms. The Labute approximate surface area is 127 Å². The largest absolute Gasteiger partial charge is 0.481 e. The first kappa shape index (κ1) is 14.8. The highest BCUT2D eigenvalue weighted by molar-refractivity contribution is 5.18. The van der Waals surface area contributed by atoms with E-state index in [4.69, 9.17) is 9.47 Å². The minimum atomic E-state index is 0.399. The lowest BCUT2D eigenvalue weighted by molar-refractivity contribution is -0.130. The third-order valence-electron chi connectivity index (χ3n) is 5.25. The van der Waals surface area contributed by atoms with Gasteiger partial charge in [0.15, 0.2) is 0 Å². The Morgan fingerprint density at radius 2 is 2.14 bits per heavy atom. The zero-order chi connectivity index (χ0) is 14.7. The molecular weight excluding hydrogens is 264 g/mol. The number of nitrogens with one attached hydrogen (secondary N) is 1. The second kappa shape index (κ2) is 6.32. The molecule has 0 aromatic carbocycles. The van der Waals surface area contributed by atoms with Gasteiger partial charge in [-0.25, -0.2) is 4.98 Å². The zero-order valence-electron chi connectivity index (χ0n) is 13.1. The smallest absolute Gasteiger partial charge is 0.212 e. The molecular formula is C17H26N2O2. The molecule has 4 nitrogen and oxygen atoms in total. The minimum Gasteiger partial charge on any atom is -0.481 e. The van der Waals surface area contributed by atoms with Crippen LogP contribution >= 0.6 is 0 Å². The fraction of sp³-hybridized carbons (Fsp3) is 0.706. The van der Waals surface area contributed by atoms with Crippen LogP contribution in [0.2, 0.25) is 0 Å². The first-order valence-electron chi connectivity index (χ1n) is 8.12. The van der Waals surface area contributed by atoms with Crippen LogP contribution in [0.15, 0.2) is 18.3 Å². The first-order valence-corrected chi connectivity index (χ1v) is 8.12. The lowest BCUT2D eigenvalue weighted by Gasteiger charge is -2.54. The Hall–Kier alpha value is -1.13. The topological polar surface area (TPSA) is 43.4 Å². The summed E-state index contributed by atoms with van der Waals surface area (Å²) in [6.45, 7) is 3.82. The van der Waals surface area contributed by atoms with Crippen molar-refractivity contribution >= 4 is 0 Å². The molecule has 0 aliphatic heterocycles. The maximum atomic E-state index is 5.96. The Morgan fingerprint density at radius 1 is 1.33 bits per heavy atom. The average molecular weight is 290 g/mol. The van der Waals surface area contributed by atoms with Crippen LogP contribution in [0.3, 0.4) is 0 Å². The predicted molar refractivity (Wildman–Crippen MR) is 82.3 cm³/mol. The molecule has 1 aromatic heterocycles. The van der Waals surface area contributed by atoms with E-state index < -0.39 is 0 Å². The normalized spacial score (nSPS) is 26.8. The second-order valence-electron chi connectivity index (χ2n) is 6.26. The fourth-order valence-electron chi connectivity index (χ4n) is 4.05. The van der Waals surface area contributed by atoms with E-state index in [1.54, 1.807) is 7.11 Å². The van der Waals surface area contributed by atoms with Crippen molar-refractivity contribution in [2.24, 2.45) is 5.41 Å². The van der Waals surface area contributed by atoms with E-state index in [2.05, 4.69) is 23.3 Å². The van der Waals surface area contributed by atoms with Gasteiger partial charge >= 0.3 is 0 Å². The van der Waals surface area contributed by atoms with Gasteiger partial charge in [-0.3, -0.25) is 0 Å². The van der Waals surface area contributed by atoms with Crippen molar-refractivity contribution in [2.75, 3.05) is 13.7 Å². The number of methoxy groups -OCH3 is 1. The van der Waals surface area contributed by atoms with Crippen LogP contribution in [0, 0.1) is 5.41 Å². The summed E-state index contributed by atoms with van der Waals surface area (Å²) < 4.78 is 11.1. The summed E-state index contributed by atoms with van der Waals surface area (Å²) in [5, 5.41) is 3.73. The van der Waals surface area contributed by atoms with Crippen LogP contribution in [0.4, 0.5) is 0 Å². The number of aromatic nitrogens is 1. The fourth-order valence-corrected chi connectivity index (χ4v) is 4.05. The molecule has 2 atom stereocenters. The summed E-state index contributed by atoms with van der Waals surface area (Å²) in [6, 6.07) is 4.60. The quantitative estimate of drug-likeness (QED) is 0.875. The summed E-state index contributed by atoms with van der Waals surface area (Å²) >= 11 is 0. The van der Waals surface area contributed by atoms with Crippen LogP contribution in [-0.2, 0) is 11.3 Å². The van der Waals surface area contributed by atoms with Crippen LogP contribution in [0.5, 0.6) is 5.88 Å². The van der Waals surface area contributed by atoms with Crippen molar-refractivity contribution in [3.63, 3.8) is 0 Å². The molecule has 2 aliphatic rings. The van der Waals surface area contributed by atoms with E-state index in [0.717, 1.165) is 19.6 Å². The van der Waals surface area contributed by atoms with Gasteiger partial charge < -0.3 is 14.8 Å². The van der Waals surface area contributed by atoms with Crippen LogP contribution in [0.1, 0.15) is 44.6 Å². The van der Waals surface area contributed by atoms with Gasteiger partial charge in [0.25, 0.3) is 0 Å². The Balaban J connectivity index is 1.57. The molecule has 0 amide bonds. The highest BCUT2D eigenvalue weighted by Gasteiger charge is 2.56. The summed E-state index contributed by atoms with van der Waals surface area (Å²) in [4.78, 5) is 4.27. The summed E-state index contributed by atoms with van der Waals surface area (Å²) in [5.74, 6) is 0.672. The maximum Gasteiger partial charge on any atom is 0.212 e. The molecule has 0 saturated heterocycles. The number of pyridine rings is 1. The van der Waals surface area contributed by atoms with Crippen molar-refractivity contribution in [3.05, 3.63) is 23.9 Å². The van der Waals surface area contributed by atoms with Gasteiger partial charge in [0, 0.05) is 36.9 Å². The van der Waals surface area contributed by atoms with Gasteiger partial charge in [0.1, 0.15) is 0 Å². The van der Waals surface area contributed by atoms with E-state index in [1.165, 1.54) is 31.2 Å². The average Bonchev–Trinajstić information content (AvgIpc) is 3.03. The molecule has 116 valence electrons. The maximum absolute atomic E-state index is 5.96. The van der Waals surface area contributed by atoms with E-state index in [1.807, 2.05) is 12.3 Å². The number of nitrogens with zero attached hydrogens (tertiary/aromatic N) is 1. The summed E-state index contributed by atoms with van der Waals surface area (Å²) in [6.07, 6.45) is 8.85. The standard InChI is InChI=1S/C17H26N2O2/c1-3-21-15-10-14(17(15)8-4-5-9-17)18-11-13-6-7-16(20-2)19-12-13/h6-7,12,14-15,18H,3-5,8-11H2,1-2H3. The third kappa shape index (κ3) is 2.79. The predicted octanol–water partition coefficient (Wildman–Crippen LogP) is 2.92. The second-order valence-corrected chi connectivity index (χ2v) is 6.26. The van der Waals surface area contributed by atoms with Crippen molar-refractivity contribution < 1.29 is 9.47 Å². The molecule has 1 heterocycles. The van der Waals surface area contributed by atoms with E-state index in [9.17, 15) is 0 Å². The molecule has 21 heavy (non-hydrogen) atoms. The number of ether oxygens (including phenoxy) is 2. The van der Waals surface area contributed by atoms with Gasteiger partial charge in [-0.15, -0.1) is 0 Å². The molecule has 2 fully saturated rings. The summed E-state index contributed by atoms with van der Waals surface area (Å²) in [7, 11) is 1.65. The van der Waals surface area contributed by atoms with E-state index in [-0.39, 0.29) is 0 Å². The molecule has 2 saturated carbocycles. The molecule has 4 heteroatoms. The molecule has 0 radical (unpaired) electrons. The number of hydrogen-bond donors (Lipinski definition) is 1. The number of hydrogen-bond acceptors (Lipinski definition) is 4. The molecule has 1 aromatic rings. The molecule has 2 aliphatic carbocycles. The lowest BCUT2D eigenvalue weighted by atomic mass is 9.60. The van der Waals surface area contributed by atoms with Crippen molar-refractivity contribution in [3.8, 4) is 5.88 Å². The molecule has 2 unspecified atom stereocenters. The Kier molecular flexibility index (Phi) is 4.45. The molecule has 3 rings (SSSR count). The monoisotopic (exact) mass is 290 g/mol. The van der Waals surface area contributed by atoms with Gasteiger partial charge in [-0.2, -0.15) is 0 Å². The van der Waals surface area contributed by atoms with Gasteiger partial charge in [-0.05, 0) is 31.7 Å². The van der Waals surface area contributed by atoms with Gasteiger partial charge in [0.2, 0.25) is 5.88 Å². The highest BCUT2D eigenvalue weighted by atomic mass is 16.5. The number of rotatable bonds is 6. The summed E-state index contributed by atoms with van der Waals surface area (Å²) in [5.41, 5.74) is 1.61. The SMILES string of the molecule is CCOC1CC(NCc2ccc(OC)nc2)C12CCCC2. The zero-order valence-corrected chi connectivity index (χ0v) is 13.1. The highest BCUT2D eigenvalue weighted by Crippen LogP contribution is 2.54. The van der Waals surface area contributed by atoms with Crippen LogP contribution in [0.25, 0.3) is 0 Å². The van der Waals surface area contributed by atoms with Crippen molar-refractivity contribution in [1.82, 2.24) is 10.3 Å². The Bertz CT molecular complexity index is 454. The van der Waals surface area contributed by atoms with Gasteiger partial charge in [0.05, 0.1) is 13.2 Å². The van der Waals surface area contributed by atoms with E-state index >= 15 is 0 Å². The van der Waals surface area contributed by atoms with Crippen molar-refractivity contribution in [1.29, 1.82) is 0 Å². The van der Waals surface area contributed by atoms with Crippen LogP contribution < -0.4 is 10.1 Å². The van der Waals surface area contributed by atoms with Crippen molar-refractivity contribution in [2.45, 2.75) is 57.7 Å². The minimum absolute atomic E-state index is 0.399. The van der Waals surface area contributed by atoms with Gasteiger partial charge in [-0.1, -0.05) is 18.9 Å². The molecule has 1 N–H and O–H groups in total. The molecule has 1 spiro atoms. The van der Waals surface area contributed by atoms with Crippen LogP contribution in [-0.4, -0.2) is 30.8 Å². The first-order chi connectivity index (χ1) is 10.3. The lowest BCUT2D eigenvalue weighted by Crippen LogP contribution is -2.62. The third-order valence-corrected chi connectivity index (χ3v) is 5.25. The Morgan fingerprint density at radius 3 is 2.76 bits per heavy atom.